The molecule has 2 heterocycles. The van der Waals surface area contributed by atoms with Crippen LogP contribution in [0.3, 0.4) is 0 Å². The summed E-state index contributed by atoms with van der Waals surface area (Å²) in [4.78, 5) is 0. The Morgan fingerprint density at radius 2 is 2.26 bits per heavy atom. The monoisotopic (exact) mass is 299 g/mol. The maximum Gasteiger partial charge on any atom is 0.0863 e. The van der Waals surface area contributed by atoms with Crippen molar-refractivity contribution in [2.75, 3.05) is 13.1 Å². The van der Waals surface area contributed by atoms with Gasteiger partial charge in [-0.1, -0.05) is 30.3 Å². The van der Waals surface area contributed by atoms with E-state index < -0.39 is 0 Å². The number of hydrogen-bond acceptors (Lipinski definition) is 2. The van der Waals surface area contributed by atoms with E-state index in [-0.39, 0.29) is 18.0 Å². The number of rotatable bonds is 1. The molecule has 104 valence electrons. The van der Waals surface area contributed by atoms with Crippen LogP contribution in [0.15, 0.2) is 18.7 Å². The van der Waals surface area contributed by atoms with Crippen LogP contribution in [0.2, 0.25) is 5.02 Å². The number of allylic oxidation sites excluding steroid dienone is 1. The highest BCUT2D eigenvalue weighted by molar-refractivity contribution is 6.33. The van der Waals surface area contributed by atoms with Gasteiger partial charge in [0, 0.05) is 24.6 Å². The number of ether oxygens (including phenoxy) is 1. The molecule has 0 saturated carbocycles. The average molecular weight is 300 g/mol. The third-order valence-electron chi connectivity index (χ3n) is 4.22. The molecule has 3 rings (SSSR count). The van der Waals surface area contributed by atoms with E-state index in [4.69, 9.17) is 16.3 Å². The van der Waals surface area contributed by atoms with Crippen LogP contribution in [0.1, 0.15) is 36.5 Å². The normalized spacial score (nSPS) is 28.3. The van der Waals surface area contributed by atoms with Crippen molar-refractivity contribution in [1.82, 2.24) is 5.32 Å². The van der Waals surface area contributed by atoms with Crippen LogP contribution in [-0.4, -0.2) is 18.7 Å². The highest BCUT2D eigenvalue weighted by Crippen LogP contribution is 2.44. The minimum atomic E-state index is -0.0823. The van der Waals surface area contributed by atoms with Gasteiger partial charge >= 0.3 is 0 Å². The van der Waals surface area contributed by atoms with Crippen molar-refractivity contribution in [3.8, 4) is 0 Å². The van der Waals surface area contributed by atoms with E-state index in [1.165, 1.54) is 5.56 Å². The van der Waals surface area contributed by atoms with Gasteiger partial charge in [-0.05, 0) is 30.5 Å². The molecule has 1 fully saturated rings. The van der Waals surface area contributed by atoms with Crippen molar-refractivity contribution in [2.45, 2.75) is 32.0 Å². The second kappa shape index (κ2) is 5.10. The van der Waals surface area contributed by atoms with Gasteiger partial charge in [0.05, 0.1) is 17.2 Å². The second-order valence-corrected chi connectivity index (χ2v) is 5.94. The Kier molecular flexibility index (Phi) is 3.99. The zero-order chi connectivity index (χ0) is 12.9. The van der Waals surface area contributed by atoms with E-state index in [1.54, 1.807) is 0 Å². The first-order valence-corrected chi connectivity index (χ1v) is 6.72. The topological polar surface area (TPSA) is 21.3 Å². The van der Waals surface area contributed by atoms with Gasteiger partial charge in [-0.3, -0.25) is 0 Å². The lowest BCUT2D eigenvalue weighted by Crippen LogP contribution is -2.39. The van der Waals surface area contributed by atoms with Gasteiger partial charge in [0.15, 0.2) is 0 Å². The zero-order valence-corrected chi connectivity index (χ0v) is 12.8. The molecule has 1 N–H and O–H groups in total. The number of benzene rings is 1. The Hall–Kier alpha value is -0.540. The molecule has 4 heteroatoms. The average Bonchev–Trinajstić information content (AvgIpc) is 2.71. The van der Waals surface area contributed by atoms with Crippen molar-refractivity contribution < 1.29 is 4.74 Å². The predicted molar refractivity (Wildman–Crippen MR) is 82.2 cm³/mol. The molecule has 1 saturated heterocycles. The Labute approximate surface area is 125 Å². The summed E-state index contributed by atoms with van der Waals surface area (Å²) >= 11 is 6.50. The van der Waals surface area contributed by atoms with Crippen molar-refractivity contribution in [3.63, 3.8) is 0 Å². The summed E-state index contributed by atoms with van der Waals surface area (Å²) in [7, 11) is 0. The molecule has 0 aromatic heterocycles. The van der Waals surface area contributed by atoms with E-state index >= 15 is 0 Å². The predicted octanol–water partition coefficient (Wildman–Crippen LogP) is 3.77. The molecule has 2 atom stereocenters. The number of nitrogens with one attached hydrogen (secondary N) is 1. The third-order valence-corrected chi connectivity index (χ3v) is 4.65. The fraction of sp³-hybridized carbons (Fsp3) is 0.467. The molecule has 0 amide bonds. The fourth-order valence-corrected chi connectivity index (χ4v) is 3.46. The Balaban J connectivity index is 0.00000133. The highest BCUT2D eigenvalue weighted by atomic mass is 35.5. The minimum Gasteiger partial charge on any atom is -0.369 e. The standard InChI is InChI=1S/C15H18ClNO.ClH/c1-9(2)10-4-5-11-12(14(10)16)7-18-15(3)8-17-6-13(11)15;/h4-5,13,17H,1,6-8H2,2-3H3;1H/t13-,15-;/m0./s1. The van der Waals surface area contributed by atoms with Gasteiger partial charge in [0.25, 0.3) is 0 Å². The van der Waals surface area contributed by atoms with Crippen molar-refractivity contribution >= 4 is 29.6 Å². The number of fused-ring (bicyclic) bond motifs is 3. The van der Waals surface area contributed by atoms with E-state index in [9.17, 15) is 0 Å². The second-order valence-electron chi connectivity index (χ2n) is 5.56. The van der Waals surface area contributed by atoms with Gasteiger partial charge in [0.2, 0.25) is 0 Å². The molecule has 0 aliphatic carbocycles. The fourth-order valence-electron chi connectivity index (χ4n) is 3.07. The summed E-state index contributed by atoms with van der Waals surface area (Å²) in [6, 6.07) is 4.29. The summed E-state index contributed by atoms with van der Waals surface area (Å²) in [5.41, 5.74) is 4.43. The third kappa shape index (κ3) is 2.21. The van der Waals surface area contributed by atoms with Crippen LogP contribution in [0.4, 0.5) is 0 Å². The van der Waals surface area contributed by atoms with Gasteiger partial charge < -0.3 is 10.1 Å². The van der Waals surface area contributed by atoms with E-state index in [1.807, 2.05) is 6.92 Å². The zero-order valence-electron chi connectivity index (χ0n) is 11.3. The van der Waals surface area contributed by atoms with Crippen LogP contribution < -0.4 is 5.32 Å². The van der Waals surface area contributed by atoms with Crippen LogP contribution in [-0.2, 0) is 11.3 Å². The van der Waals surface area contributed by atoms with Gasteiger partial charge in [0.1, 0.15) is 0 Å². The molecule has 0 bridgehead atoms. The first-order valence-electron chi connectivity index (χ1n) is 6.35. The molecule has 0 spiro atoms. The SMILES string of the molecule is C=C(C)c1ccc2c(c1Cl)CO[C@@]1(C)CNC[C@@H]21.Cl. The van der Waals surface area contributed by atoms with Crippen LogP contribution >= 0.6 is 24.0 Å². The lowest BCUT2D eigenvalue weighted by molar-refractivity contribution is -0.0517. The first-order chi connectivity index (χ1) is 8.53. The molecule has 2 aliphatic rings. The van der Waals surface area contributed by atoms with Gasteiger partial charge in [-0.15, -0.1) is 12.4 Å². The molecular weight excluding hydrogens is 281 g/mol. The molecule has 1 aromatic rings. The largest absolute Gasteiger partial charge is 0.369 e. The molecular formula is C15H19Cl2NO. The Morgan fingerprint density at radius 1 is 1.53 bits per heavy atom. The summed E-state index contributed by atoms with van der Waals surface area (Å²) in [6.45, 7) is 10.6. The molecule has 2 nitrogen and oxygen atoms in total. The van der Waals surface area contributed by atoms with E-state index in [2.05, 4.69) is 31.0 Å². The Bertz CT molecular complexity index is 529. The summed E-state index contributed by atoms with van der Waals surface area (Å²) in [6.07, 6.45) is 0. The molecule has 19 heavy (non-hydrogen) atoms. The van der Waals surface area contributed by atoms with E-state index in [0.717, 1.165) is 34.8 Å². The molecule has 0 unspecified atom stereocenters. The maximum atomic E-state index is 6.50. The number of hydrogen-bond donors (Lipinski definition) is 1. The lowest BCUT2D eigenvalue weighted by atomic mass is 9.81. The van der Waals surface area contributed by atoms with Crippen LogP contribution in [0.25, 0.3) is 5.57 Å². The summed E-state index contributed by atoms with van der Waals surface area (Å²) in [5.74, 6) is 0.401. The lowest BCUT2D eigenvalue weighted by Gasteiger charge is -2.37. The Morgan fingerprint density at radius 3 is 2.95 bits per heavy atom. The molecule has 1 aromatic carbocycles. The summed E-state index contributed by atoms with van der Waals surface area (Å²) < 4.78 is 6.05. The molecule has 0 radical (unpaired) electrons. The smallest absolute Gasteiger partial charge is 0.0863 e. The molecule has 2 aliphatic heterocycles. The van der Waals surface area contributed by atoms with Crippen molar-refractivity contribution in [2.24, 2.45) is 0 Å². The minimum absolute atomic E-state index is 0. The van der Waals surface area contributed by atoms with Gasteiger partial charge in [-0.25, -0.2) is 0 Å². The van der Waals surface area contributed by atoms with Gasteiger partial charge in [-0.2, -0.15) is 0 Å². The van der Waals surface area contributed by atoms with E-state index in [0.29, 0.717) is 12.5 Å². The van der Waals surface area contributed by atoms with Crippen molar-refractivity contribution in [3.05, 3.63) is 40.4 Å². The van der Waals surface area contributed by atoms with Crippen LogP contribution in [0, 0.1) is 0 Å². The quantitative estimate of drug-likeness (QED) is 0.852. The highest BCUT2D eigenvalue weighted by Gasteiger charge is 2.45. The van der Waals surface area contributed by atoms with Crippen molar-refractivity contribution in [1.29, 1.82) is 0 Å². The first kappa shape index (κ1) is 14.9. The summed E-state index contributed by atoms with van der Waals surface area (Å²) in [5, 5.41) is 4.23. The maximum absolute atomic E-state index is 6.50. The van der Waals surface area contributed by atoms with Crippen LogP contribution in [0.5, 0.6) is 0 Å². The number of halogens is 2.